The zero-order chi connectivity index (χ0) is 26.2. The Balaban J connectivity index is 1.53. The molecule has 0 aliphatic carbocycles. The normalized spacial score (nSPS) is 20.4. The van der Waals surface area contributed by atoms with Crippen LogP contribution in [0.15, 0.2) is 65.7 Å². The van der Waals surface area contributed by atoms with Gasteiger partial charge in [-0.1, -0.05) is 18.2 Å². The number of amides is 1. The minimum Gasteiger partial charge on any atom is -0.495 e. The van der Waals surface area contributed by atoms with Gasteiger partial charge in [0.1, 0.15) is 17.3 Å². The van der Waals surface area contributed by atoms with E-state index in [9.17, 15) is 14.3 Å². The predicted molar refractivity (Wildman–Crippen MR) is 139 cm³/mol. The number of imidazole rings is 1. The number of aliphatic hydroxyl groups excluding tert-OH is 1. The molecule has 3 heterocycles. The second-order valence-corrected chi connectivity index (χ2v) is 9.53. The van der Waals surface area contributed by atoms with Crippen molar-refractivity contribution in [3.8, 4) is 11.4 Å². The molecule has 192 valence electrons. The SMILES string of the molecule is COc1cc(/C=C2\N=C3N(CCCO)CCC(C)(c4ccc(F)cc4)N3C2=O)ccc1-n1cnc(C)c1. The van der Waals surface area contributed by atoms with E-state index in [1.165, 1.54) is 12.1 Å². The molecule has 8 nitrogen and oxygen atoms in total. The highest BCUT2D eigenvalue weighted by molar-refractivity contribution is 6.14. The summed E-state index contributed by atoms with van der Waals surface area (Å²) in [4.78, 5) is 26.6. The Morgan fingerprint density at radius 3 is 2.68 bits per heavy atom. The van der Waals surface area contributed by atoms with Crippen LogP contribution in [-0.2, 0) is 10.3 Å². The monoisotopic (exact) mass is 503 g/mol. The summed E-state index contributed by atoms with van der Waals surface area (Å²) >= 11 is 0. The Hall–Kier alpha value is -3.98. The first kappa shape index (κ1) is 24.7. The van der Waals surface area contributed by atoms with E-state index in [0.29, 0.717) is 43.3 Å². The minimum atomic E-state index is -0.685. The van der Waals surface area contributed by atoms with Gasteiger partial charge in [-0.3, -0.25) is 9.69 Å². The fourth-order valence-corrected chi connectivity index (χ4v) is 4.99. The molecule has 1 unspecified atom stereocenters. The highest BCUT2D eigenvalue weighted by Gasteiger charge is 2.49. The lowest BCUT2D eigenvalue weighted by Crippen LogP contribution is -2.59. The first-order valence-corrected chi connectivity index (χ1v) is 12.3. The third kappa shape index (κ3) is 4.51. The Labute approximate surface area is 215 Å². The lowest BCUT2D eigenvalue weighted by Gasteiger charge is -2.47. The van der Waals surface area contributed by atoms with Crippen molar-refractivity contribution in [2.45, 2.75) is 32.2 Å². The van der Waals surface area contributed by atoms with E-state index in [2.05, 4.69) is 4.98 Å². The van der Waals surface area contributed by atoms with Gasteiger partial charge in [-0.05, 0) is 68.2 Å². The molecule has 1 atom stereocenters. The molecule has 5 rings (SSSR count). The van der Waals surface area contributed by atoms with Crippen molar-refractivity contribution in [3.63, 3.8) is 0 Å². The van der Waals surface area contributed by atoms with E-state index >= 15 is 0 Å². The summed E-state index contributed by atoms with van der Waals surface area (Å²) in [5.74, 6) is 0.658. The topological polar surface area (TPSA) is 83.2 Å². The number of fused-ring (bicyclic) bond motifs is 1. The number of aromatic nitrogens is 2. The number of hydrogen-bond acceptors (Lipinski definition) is 6. The van der Waals surface area contributed by atoms with Crippen LogP contribution in [0.25, 0.3) is 11.8 Å². The standard InChI is InChI=1S/C28H30FN5O3/c1-19-17-33(18-30-19)24-10-5-20(16-25(24)37-3)15-23-26(36)34-27(31-23)32(12-4-14-35)13-11-28(34,2)21-6-8-22(29)9-7-21/h5-10,15-18,35H,4,11-14H2,1-3H3/b23-15-. The minimum absolute atomic E-state index is 0.0538. The predicted octanol–water partition coefficient (Wildman–Crippen LogP) is 3.87. The van der Waals surface area contributed by atoms with Gasteiger partial charge in [-0.15, -0.1) is 0 Å². The average Bonchev–Trinajstić information content (AvgIpc) is 3.47. The van der Waals surface area contributed by atoms with Gasteiger partial charge in [0.2, 0.25) is 5.96 Å². The van der Waals surface area contributed by atoms with Gasteiger partial charge in [-0.25, -0.2) is 14.4 Å². The third-order valence-corrected chi connectivity index (χ3v) is 7.04. The zero-order valence-corrected chi connectivity index (χ0v) is 21.2. The maximum absolute atomic E-state index is 13.8. The molecule has 1 aromatic heterocycles. The smallest absolute Gasteiger partial charge is 0.280 e. The van der Waals surface area contributed by atoms with Crippen molar-refractivity contribution >= 4 is 17.9 Å². The highest BCUT2D eigenvalue weighted by atomic mass is 19.1. The molecule has 37 heavy (non-hydrogen) atoms. The molecule has 2 aliphatic heterocycles. The van der Waals surface area contributed by atoms with Gasteiger partial charge in [0.05, 0.1) is 30.4 Å². The van der Waals surface area contributed by atoms with E-state index in [1.807, 2.05) is 47.7 Å². The summed E-state index contributed by atoms with van der Waals surface area (Å²) in [5, 5.41) is 9.39. The third-order valence-electron chi connectivity index (χ3n) is 7.04. The number of halogens is 1. The van der Waals surface area contributed by atoms with Crippen LogP contribution in [0.4, 0.5) is 4.39 Å². The van der Waals surface area contributed by atoms with Crippen LogP contribution in [0.3, 0.4) is 0 Å². The number of guanidine groups is 1. The van der Waals surface area contributed by atoms with E-state index in [1.54, 1.807) is 36.5 Å². The van der Waals surface area contributed by atoms with Crippen molar-refractivity contribution in [1.29, 1.82) is 0 Å². The van der Waals surface area contributed by atoms with Crippen molar-refractivity contribution in [1.82, 2.24) is 19.4 Å². The summed E-state index contributed by atoms with van der Waals surface area (Å²) in [6.07, 6.45) is 6.62. The molecule has 0 spiro atoms. The molecule has 9 heteroatoms. The van der Waals surface area contributed by atoms with Crippen LogP contribution in [0.5, 0.6) is 5.75 Å². The quantitative estimate of drug-likeness (QED) is 0.495. The molecular weight excluding hydrogens is 473 g/mol. The number of carbonyl (C=O) groups excluding carboxylic acids is 1. The Bertz CT molecular complexity index is 1380. The molecule has 2 aromatic carbocycles. The van der Waals surface area contributed by atoms with Gasteiger partial charge >= 0.3 is 0 Å². The summed E-state index contributed by atoms with van der Waals surface area (Å²) in [7, 11) is 1.61. The number of aryl methyl sites for hydroxylation is 1. The van der Waals surface area contributed by atoms with Crippen LogP contribution in [0.1, 0.15) is 36.6 Å². The number of carbonyl (C=O) groups is 1. The van der Waals surface area contributed by atoms with E-state index < -0.39 is 5.54 Å². The highest BCUT2D eigenvalue weighted by Crippen LogP contribution is 2.41. The number of hydrogen-bond donors (Lipinski definition) is 1. The molecular formula is C28H30FN5O3. The van der Waals surface area contributed by atoms with Gasteiger partial charge in [-0.2, -0.15) is 0 Å². The van der Waals surface area contributed by atoms with Crippen LogP contribution in [-0.4, -0.2) is 63.1 Å². The number of methoxy groups -OCH3 is 1. The molecule has 1 saturated heterocycles. The number of ether oxygens (including phenoxy) is 1. The molecule has 1 amide bonds. The van der Waals surface area contributed by atoms with Crippen molar-refractivity contribution in [2.75, 3.05) is 26.8 Å². The van der Waals surface area contributed by atoms with Crippen LogP contribution in [0.2, 0.25) is 0 Å². The molecule has 0 saturated carbocycles. The Morgan fingerprint density at radius 1 is 1.22 bits per heavy atom. The van der Waals surface area contributed by atoms with Crippen LogP contribution >= 0.6 is 0 Å². The summed E-state index contributed by atoms with van der Waals surface area (Å²) in [6, 6.07) is 12.0. The maximum Gasteiger partial charge on any atom is 0.280 e. The molecule has 3 aromatic rings. The first-order valence-electron chi connectivity index (χ1n) is 12.3. The van der Waals surface area contributed by atoms with E-state index in [-0.39, 0.29) is 18.3 Å². The molecule has 1 fully saturated rings. The second kappa shape index (κ2) is 9.82. The summed E-state index contributed by atoms with van der Waals surface area (Å²) < 4.78 is 21.2. The molecule has 0 bridgehead atoms. The lowest BCUT2D eigenvalue weighted by atomic mass is 9.85. The molecule has 2 aliphatic rings. The summed E-state index contributed by atoms with van der Waals surface area (Å²) in [5.41, 5.74) is 2.98. The first-order chi connectivity index (χ1) is 17.8. The van der Waals surface area contributed by atoms with Gasteiger partial charge < -0.3 is 19.3 Å². The number of aliphatic hydroxyl groups is 1. The van der Waals surface area contributed by atoms with Crippen LogP contribution < -0.4 is 4.74 Å². The van der Waals surface area contributed by atoms with Gasteiger partial charge in [0.25, 0.3) is 5.91 Å². The van der Waals surface area contributed by atoms with E-state index in [4.69, 9.17) is 9.73 Å². The number of nitrogens with zero attached hydrogens (tertiary/aromatic N) is 5. The van der Waals surface area contributed by atoms with Crippen LogP contribution in [0, 0.1) is 12.7 Å². The molecule has 0 radical (unpaired) electrons. The van der Waals surface area contributed by atoms with Crippen molar-refractivity contribution in [2.24, 2.45) is 4.99 Å². The summed E-state index contributed by atoms with van der Waals surface area (Å²) in [6.45, 7) is 5.21. The number of rotatable bonds is 7. The average molecular weight is 504 g/mol. The fraction of sp³-hybridized carbons (Fsp3) is 0.321. The number of benzene rings is 2. The van der Waals surface area contributed by atoms with Gasteiger partial charge in [0, 0.05) is 25.9 Å². The zero-order valence-electron chi connectivity index (χ0n) is 21.2. The fourth-order valence-electron chi connectivity index (χ4n) is 4.99. The largest absolute Gasteiger partial charge is 0.495 e. The van der Waals surface area contributed by atoms with Crippen molar-refractivity contribution in [3.05, 3.63) is 83.3 Å². The second-order valence-electron chi connectivity index (χ2n) is 9.53. The molecule has 1 N–H and O–H groups in total. The Morgan fingerprint density at radius 2 is 2.00 bits per heavy atom. The van der Waals surface area contributed by atoms with Gasteiger partial charge in [0.15, 0.2) is 0 Å². The lowest BCUT2D eigenvalue weighted by molar-refractivity contribution is -0.128. The number of aliphatic imine (C=N–C) groups is 1. The Kier molecular flexibility index (Phi) is 6.55. The maximum atomic E-state index is 13.8. The van der Waals surface area contributed by atoms with E-state index in [0.717, 1.165) is 22.5 Å². The van der Waals surface area contributed by atoms with Crippen molar-refractivity contribution < 1.29 is 19.0 Å².